The zero-order valence-corrected chi connectivity index (χ0v) is 19.1. The lowest BCUT2D eigenvalue weighted by Crippen LogP contribution is -2.58. The number of alkyl carbamates (subject to hydrolysis) is 1. The SMILES string of the molecule is CC(NC(=O)OCC1c2ccccc2-c2ccccc21)(C(=O)N[C@H](CO)C(=O)O)c1ccccc1. The van der Waals surface area contributed by atoms with Crippen LogP contribution in [0.1, 0.15) is 29.5 Å². The molecule has 0 aromatic heterocycles. The molecule has 0 saturated carbocycles. The summed E-state index contributed by atoms with van der Waals surface area (Å²) in [6.45, 7) is 0.715. The Hall–Kier alpha value is -4.17. The number of benzene rings is 3. The molecule has 1 aliphatic carbocycles. The van der Waals surface area contributed by atoms with E-state index >= 15 is 0 Å². The largest absolute Gasteiger partial charge is 0.480 e. The van der Waals surface area contributed by atoms with Crippen LogP contribution < -0.4 is 10.6 Å². The molecule has 2 amide bonds. The van der Waals surface area contributed by atoms with E-state index in [0.29, 0.717) is 5.56 Å². The molecular weight excluding hydrogens is 448 g/mol. The lowest BCUT2D eigenvalue weighted by molar-refractivity contribution is -0.144. The summed E-state index contributed by atoms with van der Waals surface area (Å²) in [7, 11) is 0. The minimum absolute atomic E-state index is 0.0563. The predicted octanol–water partition coefficient (Wildman–Crippen LogP) is 3.00. The molecule has 3 aromatic carbocycles. The second-order valence-electron chi connectivity index (χ2n) is 8.49. The average molecular weight is 475 g/mol. The van der Waals surface area contributed by atoms with Gasteiger partial charge in [0.05, 0.1) is 6.61 Å². The number of aliphatic hydroxyl groups excluding tert-OH is 1. The number of carboxylic acids is 1. The first kappa shape index (κ1) is 24.0. The Labute approximate surface area is 202 Å². The molecule has 1 unspecified atom stereocenters. The second kappa shape index (κ2) is 9.99. The molecule has 4 N–H and O–H groups in total. The Morgan fingerprint density at radius 1 is 0.914 bits per heavy atom. The van der Waals surface area contributed by atoms with Crippen molar-refractivity contribution in [2.24, 2.45) is 0 Å². The number of nitrogens with one attached hydrogen (secondary N) is 2. The zero-order valence-electron chi connectivity index (χ0n) is 19.1. The number of hydrogen-bond acceptors (Lipinski definition) is 5. The monoisotopic (exact) mass is 474 g/mol. The summed E-state index contributed by atoms with van der Waals surface area (Å²) in [5, 5.41) is 23.4. The van der Waals surface area contributed by atoms with E-state index in [9.17, 15) is 24.6 Å². The molecule has 0 heterocycles. The number of carbonyl (C=O) groups is 3. The van der Waals surface area contributed by atoms with Gasteiger partial charge >= 0.3 is 12.1 Å². The third-order valence-electron chi connectivity index (χ3n) is 6.29. The van der Waals surface area contributed by atoms with E-state index in [1.165, 1.54) is 6.92 Å². The summed E-state index contributed by atoms with van der Waals surface area (Å²) >= 11 is 0. The number of carbonyl (C=O) groups excluding carboxylic acids is 2. The Balaban J connectivity index is 1.53. The summed E-state index contributed by atoms with van der Waals surface area (Å²) < 4.78 is 5.59. The minimum atomic E-state index is -1.65. The smallest absolute Gasteiger partial charge is 0.408 e. The van der Waals surface area contributed by atoms with Crippen molar-refractivity contribution in [1.29, 1.82) is 0 Å². The van der Waals surface area contributed by atoms with Gasteiger partial charge in [0, 0.05) is 5.92 Å². The van der Waals surface area contributed by atoms with Crippen molar-refractivity contribution in [3.63, 3.8) is 0 Å². The third-order valence-corrected chi connectivity index (χ3v) is 6.29. The molecule has 0 aliphatic heterocycles. The Kier molecular flexibility index (Phi) is 6.84. The van der Waals surface area contributed by atoms with Gasteiger partial charge in [-0.2, -0.15) is 0 Å². The lowest BCUT2D eigenvalue weighted by atomic mass is 9.90. The van der Waals surface area contributed by atoms with Crippen LogP contribution in [0.3, 0.4) is 0 Å². The molecule has 1 aliphatic rings. The number of rotatable bonds is 8. The molecule has 0 radical (unpaired) electrons. The van der Waals surface area contributed by atoms with Gasteiger partial charge in [0.1, 0.15) is 18.2 Å². The first-order chi connectivity index (χ1) is 16.8. The maximum absolute atomic E-state index is 13.1. The summed E-state index contributed by atoms with van der Waals surface area (Å²) in [5.74, 6) is -2.34. The van der Waals surface area contributed by atoms with Gasteiger partial charge in [-0.1, -0.05) is 78.9 Å². The van der Waals surface area contributed by atoms with Gasteiger partial charge in [0.2, 0.25) is 0 Å². The third kappa shape index (κ3) is 4.74. The summed E-state index contributed by atoms with van der Waals surface area (Å²) in [5.41, 5.74) is 3.07. The number of fused-ring (bicyclic) bond motifs is 3. The predicted molar refractivity (Wildman–Crippen MR) is 129 cm³/mol. The van der Waals surface area contributed by atoms with Crippen molar-refractivity contribution in [3.05, 3.63) is 95.6 Å². The minimum Gasteiger partial charge on any atom is -0.480 e. The molecule has 8 nitrogen and oxygen atoms in total. The van der Waals surface area contributed by atoms with E-state index in [0.717, 1.165) is 22.3 Å². The van der Waals surface area contributed by atoms with Crippen molar-refractivity contribution < 1.29 is 29.3 Å². The van der Waals surface area contributed by atoms with Crippen LogP contribution in [-0.2, 0) is 19.9 Å². The molecule has 3 aromatic rings. The molecule has 4 rings (SSSR count). The summed E-state index contributed by atoms with van der Waals surface area (Å²) in [4.78, 5) is 37.3. The topological polar surface area (TPSA) is 125 Å². The van der Waals surface area contributed by atoms with Gasteiger partial charge in [-0.3, -0.25) is 4.79 Å². The molecule has 8 heteroatoms. The fourth-order valence-corrected chi connectivity index (χ4v) is 4.36. The number of ether oxygens (including phenoxy) is 1. The first-order valence-corrected chi connectivity index (χ1v) is 11.2. The molecular formula is C27H26N2O6. The van der Waals surface area contributed by atoms with E-state index < -0.39 is 36.2 Å². The molecule has 0 fully saturated rings. The molecule has 0 saturated heterocycles. The Morgan fingerprint density at radius 2 is 1.46 bits per heavy atom. The van der Waals surface area contributed by atoms with Crippen LogP contribution in [-0.4, -0.2) is 47.4 Å². The van der Waals surface area contributed by atoms with Crippen LogP contribution in [0.5, 0.6) is 0 Å². The highest BCUT2D eigenvalue weighted by atomic mass is 16.5. The highest BCUT2D eigenvalue weighted by molar-refractivity contribution is 5.93. The second-order valence-corrected chi connectivity index (χ2v) is 8.49. The van der Waals surface area contributed by atoms with E-state index in [2.05, 4.69) is 10.6 Å². The van der Waals surface area contributed by atoms with Gasteiger partial charge in [-0.15, -0.1) is 0 Å². The maximum Gasteiger partial charge on any atom is 0.408 e. The standard InChI is InChI=1S/C27H26N2O6/c1-27(17-9-3-2-4-10-17,25(33)28-23(15-30)24(31)32)29-26(34)35-16-22-20-13-7-5-11-18(20)19-12-6-8-14-21(19)22/h2-14,22-23,30H,15-16H2,1H3,(H,28,33)(H,29,34)(H,31,32)/t23-,27?/m1/s1. The zero-order chi connectivity index (χ0) is 25.0. The number of aliphatic carboxylic acids is 1. The fraction of sp³-hybridized carbons (Fsp3) is 0.222. The molecule has 0 bridgehead atoms. The molecule has 35 heavy (non-hydrogen) atoms. The van der Waals surface area contributed by atoms with Gasteiger partial charge in [-0.05, 0) is 34.7 Å². The summed E-state index contributed by atoms with van der Waals surface area (Å²) in [6, 6.07) is 22.8. The van der Waals surface area contributed by atoms with Crippen LogP contribution in [0, 0.1) is 0 Å². The lowest BCUT2D eigenvalue weighted by Gasteiger charge is -2.31. The quantitative estimate of drug-likeness (QED) is 0.398. The molecule has 2 atom stereocenters. The van der Waals surface area contributed by atoms with Crippen molar-refractivity contribution in [3.8, 4) is 11.1 Å². The fourth-order valence-electron chi connectivity index (χ4n) is 4.36. The van der Waals surface area contributed by atoms with E-state index in [1.54, 1.807) is 30.3 Å². The van der Waals surface area contributed by atoms with Crippen LogP contribution in [0.2, 0.25) is 0 Å². The van der Waals surface area contributed by atoms with Gasteiger partial charge in [0.25, 0.3) is 5.91 Å². The van der Waals surface area contributed by atoms with Crippen LogP contribution >= 0.6 is 0 Å². The van der Waals surface area contributed by atoms with Crippen LogP contribution in [0.15, 0.2) is 78.9 Å². The van der Waals surface area contributed by atoms with E-state index in [-0.39, 0.29) is 12.5 Å². The van der Waals surface area contributed by atoms with Crippen molar-refractivity contribution in [1.82, 2.24) is 10.6 Å². The highest BCUT2D eigenvalue weighted by Crippen LogP contribution is 2.44. The maximum atomic E-state index is 13.1. The first-order valence-electron chi connectivity index (χ1n) is 11.2. The summed E-state index contributed by atoms with van der Waals surface area (Å²) in [6.07, 6.45) is -0.829. The van der Waals surface area contributed by atoms with Crippen molar-refractivity contribution >= 4 is 18.0 Å². The number of aliphatic hydroxyl groups is 1. The van der Waals surface area contributed by atoms with E-state index in [4.69, 9.17) is 4.74 Å². The number of hydrogen-bond donors (Lipinski definition) is 4. The van der Waals surface area contributed by atoms with Gasteiger partial charge in [-0.25, -0.2) is 9.59 Å². The molecule has 0 spiro atoms. The van der Waals surface area contributed by atoms with Crippen molar-refractivity contribution in [2.45, 2.75) is 24.4 Å². The normalized spacial score (nSPS) is 14.7. The Bertz CT molecular complexity index is 1200. The van der Waals surface area contributed by atoms with E-state index in [1.807, 2.05) is 48.5 Å². The average Bonchev–Trinajstić information content (AvgIpc) is 3.19. The van der Waals surface area contributed by atoms with Gasteiger partial charge in [0.15, 0.2) is 0 Å². The number of amides is 2. The van der Waals surface area contributed by atoms with Crippen molar-refractivity contribution in [2.75, 3.05) is 13.2 Å². The Morgan fingerprint density at radius 3 is 2.00 bits per heavy atom. The van der Waals surface area contributed by atoms with Crippen LogP contribution in [0.25, 0.3) is 11.1 Å². The highest BCUT2D eigenvalue weighted by Gasteiger charge is 2.39. The molecule has 180 valence electrons. The van der Waals surface area contributed by atoms with Gasteiger partial charge < -0.3 is 25.6 Å². The van der Waals surface area contributed by atoms with Crippen LogP contribution in [0.4, 0.5) is 4.79 Å². The number of carboxylic acid groups (broad SMARTS) is 1.